The van der Waals surface area contributed by atoms with Crippen LogP contribution in [0.1, 0.15) is 143 Å². The first-order chi connectivity index (χ1) is 38.5. The van der Waals surface area contributed by atoms with Crippen LogP contribution in [0.3, 0.4) is 0 Å². The van der Waals surface area contributed by atoms with E-state index in [4.69, 9.17) is 23.5 Å². The molecule has 3 aromatic carbocycles. The number of aliphatic hydroxyl groups is 2. The molecular weight excluding hydrogens is 1070 g/mol. The molecule has 1 saturated heterocycles. The Morgan fingerprint density at radius 2 is 1.69 bits per heavy atom. The molecule has 1 aromatic heterocycles. The first-order valence-corrected chi connectivity index (χ1v) is 30.8. The average molecular weight is 1150 g/mol. The van der Waals surface area contributed by atoms with Crippen LogP contribution in [-0.2, 0) is 46.1 Å². The number of unbranched alkanes of at least 4 members (excludes halogenated alkanes) is 4. The van der Waals surface area contributed by atoms with Crippen LogP contribution in [-0.4, -0.2) is 99.1 Å². The van der Waals surface area contributed by atoms with Crippen molar-refractivity contribution in [3.05, 3.63) is 138 Å². The zero-order valence-electron chi connectivity index (χ0n) is 46.8. The topological polar surface area (TPSA) is 216 Å². The Kier molecular flexibility index (Phi) is 19.8. The molecule has 0 bridgehead atoms. The van der Waals surface area contributed by atoms with Crippen LogP contribution in [0.15, 0.2) is 115 Å². The Balaban J connectivity index is 0.00000792. The Morgan fingerprint density at radius 1 is 0.938 bits per heavy atom. The molecule has 0 amide bonds. The molecule has 6 aliphatic rings. The fourth-order valence-corrected chi connectivity index (χ4v) is 15.2. The maximum absolute atomic E-state index is 15.0. The second kappa shape index (κ2) is 26.4. The highest BCUT2D eigenvalue weighted by Crippen LogP contribution is 2.70. The Labute approximate surface area is 482 Å². The maximum Gasteiger partial charge on any atom is 0.524 e. The van der Waals surface area contributed by atoms with E-state index in [9.17, 15) is 34.2 Å². The van der Waals surface area contributed by atoms with Crippen LogP contribution >= 0.6 is 7.82 Å². The molecule has 5 N–H and O–H groups in total. The van der Waals surface area contributed by atoms with Crippen molar-refractivity contribution in [2.75, 3.05) is 32.9 Å². The quantitative estimate of drug-likeness (QED) is 0.0217. The zero-order chi connectivity index (χ0) is 56.1. The number of rotatable bonds is 25. The Hall–Kier alpha value is -4.84. The van der Waals surface area contributed by atoms with Crippen LogP contribution in [0, 0.1) is 34.5 Å². The van der Waals surface area contributed by atoms with Crippen molar-refractivity contribution >= 4 is 25.4 Å². The van der Waals surface area contributed by atoms with Crippen LogP contribution in [0.5, 0.6) is 5.75 Å². The second-order valence-corrected chi connectivity index (χ2v) is 25.0. The largest absolute Gasteiger partial charge is 1.00 e. The maximum atomic E-state index is 15.0. The number of ether oxygens (including phenoxy) is 4. The molecule has 5 aliphatic carbocycles. The summed E-state index contributed by atoms with van der Waals surface area (Å²) in [5.41, 5.74) is 1.69. The normalized spacial score (nSPS) is 28.2. The van der Waals surface area contributed by atoms with Gasteiger partial charge in [0.25, 0.3) is 0 Å². The number of benzene rings is 3. The molecule has 0 radical (unpaired) electrons. The van der Waals surface area contributed by atoms with Gasteiger partial charge in [-0.1, -0.05) is 94.0 Å². The monoisotopic (exact) mass is 1150 g/mol. The van der Waals surface area contributed by atoms with Gasteiger partial charge in [-0.25, -0.2) is 18.5 Å². The molecule has 10 rings (SSSR count). The van der Waals surface area contributed by atoms with E-state index >= 15 is 4.79 Å². The van der Waals surface area contributed by atoms with Gasteiger partial charge in [0.2, 0.25) is 12.1 Å². The number of esters is 1. The van der Waals surface area contributed by atoms with E-state index in [1.165, 1.54) is 11.6 Å². The van der Waals surface area contributed by atoms with Crippen LogP contribution in [0.4, 0.5) is 0 Å². The Morgan fingerprint density at radius 3 is 2.46 bits per heavy atom. The van der Waals surface area contributed by atoms with Crippen LogP contribution in [0.2, 0.25) is 0 Å². The standard InChI is InChI=1S/C63H80N3O13P.ClH/c1-61-29-28-50(67)36-48(61)23-26-51-52-37-57-63(62(52,2)38-53(68)58(51)61,78-60(77-57)45-18-9-6-10-19-45)56(70)41-76-59(71)44-20-24-49(25-21-44)66-32-31-65(42-66)40-47-35-46(22-27-55(47)79-80(72,73)74)54(69)39-64-30-12-3-4-13-33-75-34-14-11-17-43-15-7-5-8-16-43;/h5,7-8,15-16,20-22,24-25,27-29,31-32,35-36,42,45,51-54,57-58,60,64,68-69H,3-4,6,9-14,17-19,23,26,30,33-34,37-41H2,1-2H3,(H-,72,73,74);1H/t51-,52-,53-,54?,57+,58+,60+,61-,62-,63+;/m0./s1. The van der Waals surface area contributed by atoms with Gasteiger partial charge in [-0.2, -0.15) is 0 Å². The lowest BCUT2D eigenvalue weighted by Gasteiger charge is -2.59. The summed E-state index contributed by atoms with van der Waals surface area (Å²) in [6.07, 6.45) is 22.9. The minimum absolute atomic E-state index is 0. The summed E-state index contributed by atoms with van der Waals surface area (Å²) in [7, 11) is -4.91. The number of phosphoric ester groups is 1. The third kappa shape index (κ3) is 13.4. The average Bonchev–Trinajstić information content (AvgIpc) is 3.18. The molecule has 2 heterocycles. The predicted octanol–water partition coefficient (Wildman–Crippen LogP) is 6.19. The molecule has 81 heavy (non-hydrogen) atoms. The number of aromatic nitrogens is 2. The summed E-state index contributed by atoms with van der Waals surface area (Å²) in [4.78, 5) is 60.8. The number of phosphoric acid groups is 1. The van der Waals surface area contributed by atoms with E-state index in [1.54, 1.807) is 71.8 Å². The van der Waals surface area contributed by atoms with E-state index in [2.05, 4.69) is 43.4 Å². The molecule has 1 unspecified atom stereocenters. The zero-order valence-corrected chi connectivity index (χ0v) is 48.4. The number of halogens is 1. The number of nitrogens with zero attached hydrogens (tertiary/aromatic N) is 2. The van der Waals surface area contributed by atoms with E-state index in [0.29, 0.717) is 36.2 Å². The first kappa shape index (κ1) is 60.7. The highest BCUT2D eigenvalue weighted by molar-refractivity contribution is 7.46. The molecular formula is C63H81ClN3O13P. The lowest BCUT2D eigenvalue weighted by Crippen LogP contribution is -3.00. The third-order valence-corrected chi connectivity index (χ3v) is 19.2. The van der Waals surface area contributed by atoms with Crippen LogP contribution < -0.4 is 26.8 Å². The number of fused-ring (bicyclic) bond motifs is 7. The molecule has 10 atom stereocenters. The number of imidazole rings is 1. The smallest absolute Gasteiger partial charge is 0.524 e. The van der Waals surface area contributed by atoms with Gasteiger partial charge >= 0.3 is 13.8 Å². The number of nitrogens with one attached hydrogen (secondary N) is 1. The number of aryl methyl sites for hydroxylation is 1. The van der Waals surface area contributed by atoms with Gasteiger partial charge in [0.05, 0.1) is 23.9 Å². The summed E-state index contributed by atoms with van der Waals surface area (Å²) in [5, 5.41) is 26.7. The minimum Gasteiger partial charge on any atom is -1.00 e. The van der Waals surface area contributed by atoms with Gasteiger partial charge in [-0.15, -0.1) is 0 Å². The first-order valence-electron chi connectivity index (χ1n) is 29.3. The van der Waals surface area contributed by atoms with E-state index in [-0.39, 0.29) is 65.5 Å². The van der Waals surface area contributed by atoms with Gasteiger partial charge < -0.3 is 51.4 Å². The Bertz CT molecular complexity index is 2920. The number of aliphatic hydroxyl groups excluding tert-OH is 2. The number of carbonyl (C=O) groups is 3. The molecule has 1 aliphatic heterocycles. The van der Waals surface area contributed by atoms with Crippen LogP contribution in [0.25, 0.3) is 5.69 Å². The van der Waals surface area contributed by atoms with Crippen molar-refractivity contribution in [1.29, 1.82) is 0 Å². The summed E-state index contributed by atoms with van der Waals surface area (Å²) in [6, 6.07) is 22.0. The van der Waals surface area contributed by atoms with Gasteiger partial charge in [-0.3, -0.25) is 19.4 Å². The molecule has 0 spiro atoms. The fraction of sp³-hybridized carbons (Fsp3) is 0.556. The molecule has 4 aromatic rings. The fourth-order valence-electron chi connectivity index (χ4n) is 14.7. The lowest BCUT2D eigenvalue weighted by molar-refractivity contribution is -0.687. The van der Waals surface area contributed by atoms with Gasteiger partial charge in [0.1, 0.15) is 30.4 Å². The van der Waals surface area contributed by atoms with Crippen molar-refractivity contribution in [2.45, 2.75) is 153 Å². The van der Waals surface area contributed by atoms with E-state index < -0.39 is 61.4 Å². The number of carbonyl (C=O) groups excluding carboxylic acids is 3. The number of allylic oxidation sites excluding steroid dienone is 4. The summed E-state index contributed by atoms with van der Waals surface area (Å²) < 4.78 is 46.3. The van der Waals surface area contributed by atoms with Crippen molar-refractivity contribution in [2.24, 2.45) is 34.5 Å². The van der Waals surface area contributed by atoms with Crippen molar-refractivity contribution < 1.29 is 79.4 Å². The minimum atomic E-state index is -4.91. The van der Waals surface area contributed by atoms with Gasteiger partial charge in [-0.05, 0) is 149 Å². The van der Waals surface area contributed by atoms with E-state index in [1.807, 2.05) is 16.7 Å². The number of ketones is 2. The van der Waals surface area contributed by atoms with Crippen molar-refractivity contribution in [3.63, 3.8) is 0 Å². The van der Waals surface area contributed by atoms with Gasteiger partial charge in [0, 0.05) is 48.0 Å². The van der Waals surface area contributed by atoms with E-state index in [0.717, 1.165) is 115 Å². The SMILES string of the molecule is C[C@]12C=CC(=O)C=C1CC[C@@H]1[C@@H]2[C@@H](O)C[C@@]2(C)[C@H]1C[C@H]1O[C@@H](C3CCCCC3)O[C@]12C(=O)COC(=O)c1ccc(-n2cc[n+](Cc3cc(C(O)CNCCCCCCOCCCCc4ccccc4)ccc3OP(=O)(O)O)c2)cc1.[Cl-]. The molecule has 4 saturated carbocycles. The van der Waals surface area contributed by atoms with Gasteiger partial charge in [0.15, 0.2) is 24.3 Å². The third-order valence-electron chi connectivity index (χ3n) is 18.7. The predicted molar refractivity (Wildman–Crippen MR) is 298 cm³/mol. The molecule has 16 nitrogen and oxygen atoms in total. The summed E-state index contributed by atoms with van der Waals surface area (Å²) in [5.74, 6) is -0.993. The number of Topliss-reactive ketones (excluding diaryl/α,β-unsaturated/α-hetero) is 1. The summed E-state index contributed by atoms with van der Waals surface area (Å²) >= 11 is 0. The lowest BCUT2D eigenvalue weighted by atomic mass is 9.46. The second-order valence-electron chi connectivity index (χ2n) is 23.9. The van der Waals surface area contributed by atoms with Crippen molar-refractivity contribution in [3.8, 4) is 11.4 Å². The molecule has 18 heteroatoms. The number of hydrogen-bond acceptors (Lipinski definition) is 12. The van der Waals surface area contributed by atoms with Crippen molar-refractivity contribution in [1.82, 2.24) is 9.88 Å². The molecule has 5 fully saturated rings. The molecule has 438 valence electrons. The number of hydrogen-bond donors (Lipinski definition) is 5. The highest BCUT2D eigenvalue weighted by atomic mass is 35.5. The summed E-state index contributed by atoms with van der Waals surface area (Å²) in [6.45, 7) is 6.42. The highest BCUT2D eigenvalue weighted by Gasteiger charge is 2.76.